The predicted molar refractivity (Wildman–Crippen MR) is 60.1 cm³/mol. The van der Waals surface area contributed by atoms with Crippen LogP contribution in [0.15, 0.2) is 24.3 Å². The zero-order valence-electron chi connectivity index (χ0n) is 9.14. The summed E-state index contributed by atoms with van der Waals surface area (Å²) in [6, 6.07) is 4.65. The molecule has 5 nitrogen and oxygen atoms in total. The van der Waals surface area contributed by atoms with E-state index in [4.69, 9.17) is 9.57 Å². The van der Waals surface area contributed by atoms with Gasteiger partial charge in [0.2, 0.25) is 0 Å². The van der Waals surface area contributed by atoms with Gasteiger partial charge < -0.3 is 14.9 Å². The van der Waals surface area contributed by atoms with Gasteiger partial charge in [-0.15, -0.1) is 0 Å². The third-order valence-corrected chi connectivity index (χ3v) is 3.07. The first-order valence-electron chi connectivity index (χ1n) is 5.46. The Kier molecular flexibility index (Phi) is 2.24. The van der Waals surface area contributed by atoms with Gasteiger partial charge in [0.25, 0.3) is 0 Å². The molecule has 5 heteroatoms. The molecular formula is C12H13NO4. The molecule has 1 aromatic rings. The standard InChI is InChI=1S/C12H13NO4/c14-10-2-1-8(5-11(10)15)9-6-12(17-13-9)3-4-16-7-12/h1-2,5-6,13-15H,3-4,7H2. The topological polar surface area (TPSA) is 71.0 Å². The van der Waals surface area contributed by atoms with Crippen molar-refractivity contribution in [2.24, 2.45) is 0 Å². The van der Waals surface area contributed by atoms with Crippen molar-refractivity contribution in [2.45, 2.75) is 12.0 Å². The van der Waals surface area contributed by atoms with Crippen LogP contribution in [-0.4, -0.2) is 29.0 Å². The summed E-state index contributed by atoms with van der Waals surface area (Å²) in [6.45, 7) is 1.22. The summed E-state index contributed by atoms with van der Waals surface area (Å²) < 4.78 is 5.31. The fourth-order valence-corrected chi connectivity index (χ4v) is 2.07. The van der Waals surface area contributed by atoms with Crippen molar-refractivity contribution in [1.29, 1.82) is 0 Å². The Morgan fingerprint density at radius 1 is 1.24 bits per heavy atom. The van der Waals surface area contributed by atoms with Crippen LogP contribution in [-0.2, 0) is 9.57 Å². The van der Waals surface area contributed by atoms with Crippen molar-refractivity contribution in [3.05, 3.63) is 29.8 Å². The Labute approximate surface area is 98.2 Å². The number of hydrogen-bond donors (Lipinski definition) is 3. The first-order chi connectivity index (χ1) is 8.19. The van der Waals surface area contributed by atoms with E-state index >= 15 is 0 Å². The molecule has 0 aliphatic carbocycles. The lowest BCUT2D eigenvalue weighted by molar-refractivity contribution is -0.0373. The molecule has 17 heavy (non-hydrogen) atoms. The van der Waals surface area contributed by atoms with Gasteiger partial charge in [-0.3, -0.25) is 10.3 Å². The molecule has 0 radical (unpaired) electrons. The lowest BCUT2D eigenvalue weighted by Crippen LogP contribution is -2.29. The molecule has 2 heterocycles. The lowest BCUT2D eigenvalue weighted by Gasteiger charge is -2.15. The normalized spacial score (nSPS) is 27.2. The summed E-state index contributed by atoms with van der Waals surface area (Å²) in [5.41, 5.74) is 4.01. The zero-order chi connectivity index (χ0) is 11.9. The molecule has 0 bridgehead atoms. The maximum atomic E-state index is 9.45. The monoisotopic (exact) mass is 235 g/mol. The Bertz CT molecular complexity index is 477. The Balaban J connectivity index is 1.92. The largest absolute Gasteiger partial charge is 0.504 e. The van der Waals surface area contributed by atoms with Gasteiger partial charge in [-0.1, -0.05) is 0 Å². The van der Waals surface area contributed by atoms with Crippen molar-refractivity contribution in [1.82, 2.24) is 5.48 Å². The number of phenols is 2. The van der Waals surface area contributed by atoms with E-state index in [2.05, 4.69) is 5.48 Å². The van der Waals surface area contributed by atoms with Crippen molar-refractivity contribution in [3.8, 4) is 11.5 Å². The Morgan fingerprint density at radius 3 is 2.82 bits per heavy atom. The summed E-state index contributed by atoms with van der Waals surface area (Å²) in [6.07, 6.45) is 2.78. The van der Waals surface area contributed by atoms with Crippen LogP contribution in [0.25, 0.3) is 5.70 Å². The summed E-state index contributed by atoms with van der Waals surface area (Å²) in [4.78, 5) is 5.53. The van der Waals surface area contributed by atoms with E-state index in [1.165, 1.54) is 12.1 Å². The lowest BCUT2D eigenvalue weighted by atomic mass is 10.0. The van der Waals surface area contributed by atoms with Gasteiger partial charge in [-0.25, -0.2) is 0 Å². The van der Waals surface area contributed by atoms with E-state index in [0.29, 0.717) is 13.2 Å². The highest BCUT2D eigenvalue weighted by atomic mass is 16.7. The molecule has 0 saturated carbocycles. The molecule has 90 valence electrons. The van der Waals surface area contributed by atoms with E-state index in [1.807, 2.05) is 6.08 Å². The minimum atomic E-state index is -0.386. The van der Waals surface area contributed by atoms with Crippen LogP contribution >= 0.6 is 0 Å². The second-order valence-electron chi connectivity index (χ2n) is 4.33. The van der Waals surface area contributed by atoms with Gasteiger partial charge in [-0.05, 0) is 24.3 Å². The average Bonchev–Trinajstić information content (AvgIpc) is 2.94. The maximum Gasteiger partial charge on any atom is 0.158 e. The zero-order valence-corrected chi connectivity index (χ0v) is 9.14. The van der Waals surface area contributed by atoms with Crippen LogP contribution in [0.2, 0.25) is 0 Å². The second kappa shape index (κ2) is 3.65. The molecule has 2 aliphatic rings. The van der Waals surface area contributed by atoms with Crippen molar-refractivity contribution < 1.29 is 19.8 Å². The molecule has 1 spiro atoms. The molecule has 1 fully saturated rings. The molecule has 3 N–H and O–H groups in total. The molecular weight excluding hydrogens is 222 g/mol. The molecule has 2 aliphatic heterocycles. The summed E-state index contributed by atoms with van der Waals surface area (Å²) >= 11 is 0. The molecule has 3 rings (SSSR count). The number of benzene rings is 1. The summed E-state index contributed by atoms with van der Waals surface area (Å²) in [5, 5.41) is 18.7. The number of nitrogens with one attached hydrogen (secondary N) is 1. The van der Waals surface area contributed by atoms with Gasteiger partial charge in [0.1, 0.15) is 5.60 Å². The highest BCUT2D eigenvalue weighted by molar-refractivity contribution is 5.68. The third kappa shape index (κ3) is 1.73. The fraction of sp³-hybridized carbons (Fsp3) is 0.333. The second-order valence-corrected chi connectivity index (χ2v) is 4.33. The minimum absolute atomic E-state index is 0.132. The smallest absolute Gasteiger partial charge is 0.158 e. The van der Waals surface area contributed by atoms with Gasteiger partial charge in [0.15, 0.2) is 11.5 Å². The van der Waals surface area contributed by atoms with E-state index in [1.54, 1.807) is 6.07 Å². The highest BCUT2D eigenvalue weighted by Crippen LogP contribution is 2.34. The van der Waals surface area contributed by atoms with Crippen LogP contribution in [0.5, 0.6) is 11.5 Å². The van der Waals surface area contributed by atoms with Crippen LogP contribution in [0.3, 0.4) is 0 Å². The average molecular weight is 235 g/mol. The molecule has 1 saturated heterocycles. The van der Waals surface area contributed by atoms with Gasteiger partial charge >= 0.3 is 0 Å². The summed E-state index contributed by atoms with van der Waals surface area (Å²) in [5.74, 6) is -0.277. The number of ether oxygens (including phenoxy) is 1. The number of rotatable bonds is 1. The Hall–Kier alpha value is -1.72. The van der Waals surface area contributed by atoms with Crippen LogP contribution in [0, 0.1) is 0 Å². The summed E-state index contributed by atoms with van der Waals surface area (Å²) in [7, 11) is 0. The van der Waals surface area contributed by atoms with E-state index in [0.717, 1.165) is 17.7 Å². The molecule has 0 aromatic heterocycles. The van der Waals surface area contributed by atoms with Crippen LogP contribution < -0.4 is 5.48 Å². The predicted octanol–water partition coefficient (Wildman–Crippen LogP) is 1.13. The fourth-order valence-electron chi connectivity index (χ4n) is 2.07. The molecule has 1 atom stereocenters. The molecule has 1 unspecified atom stereocenters. The first-order valence-corrected chi connectivity index (χ1v) is 5.46. The SMILES string of the molecule is Oc1ccc(C2=CC3(CCOC3)ON2)cc1O. The van der Waals surface area contributed by atoms with E-state index in [-0.39, 0.29) is 17.1 Å². The van der Waals surface area contributed by atoms with E-state index < -0.39 is 0 Å². The quantitative estimate of drug-likeness (QED) is 0.636. The third-order valence-electron chi connectivity index (χ3n) is 3.07. The van der Waals surface area contributed by atoms with Gasteiger partial charge in [0.05, 0.1) is 12.3 Å². The van der Waals surface area contributed by atoms with E-state index in [9.17, 15) is 10.2 Å². The first kappa shape index (κ1) is 10.4. The van der Waals surface area contributed by atoms with Crippen molar-refractivity contribution in [3.63, 3.8) is 0 Å². The van der Waals surface area contributed by atoms with Gasteiger partial charge in [-0.2, -0.15) is 0 Å². The number of phenolic OH excluding ortho intramolecular Hbond substituents is 2. The highest BCUT2D eigenvalue weighted by Gasteiger charge is 2.39. The number of hydroxylamine groups is 1. The van der Waals surface area contributed by atoms with Gasteiger partial charge in [0, 0.05) is 18.6 Å². The van der Waals surface area contributed by atoms with Crippen LogP contribution in [0.1, 0.15) is 12.0 Å². The minimum Gasteiger partial charge on any atom is -0.504 e. The Morgan fingerprint density at radius 2 is 2.12 bits per heavy atom. The van der Waals surface area contributed by atoms with Crippen molar-refractivity contribution >= 4 is 5.70 Å². The number of hydrogen-bond acceptors (Lipinski definition) is 5. The van der Waals surface area contributed by atoms with Crippen LogP contribution in [0.4, 0.5) is 0 Å². The number of aromatic hydroxyl groups is 2. The maximum absolute atomic E-state index is 9.45. The molecule has 0 amide bonds. The van der Waals surface area contributed by atoms with Crippen molar-refractivity contribution in [2.75, 3.05) is 13.2 Å². The molecule has 1 aromatic carbocycles.